The summed E-state index contributed by atoms with van der Waals surface area (Å²) < 4.78 is 28.8. The average molecular weight is 474 g/mol. The standard InChI is InChI=1S/C27H22O8/c28-24(17-10-4-1-5-11-17)33-21-20-16-31-27(32-20)23(35-26(30)19-14-8-3-9-15-19)22(21)34-25(29)18-12-6-2-7-13-18/h1-15,20-23,27H,16H2/t20-,21+,22+,23+,27-/m0/s1. The summed E-state index contributed by atoms with van der Waals surface area (Å²) in [6.45, 7) is 0.0795. The lowest BCUT2D eigenvalue weighted by molar-refractivity contribution is -0.228. The van der Waals surface area contributed by atoms with Gasteiger partial charge < -0.3 is 23.7 Å². The van der Waals surface area contributed by atoms with Crippen molar-refractivity contribution in [1.29, 1.82) is 0 Å². The lowest BCUT2D eigenvalue weighted by atomic mass is 9.99. The van der Waals surface area contributed by atoms with E-state index in [1.54, 1.807) is 91.0 Å². The van der Waals surface area contributed by atoms with Gasteiger partial charge in [0.15, 0.2) is 24.6 Å². The predicted molar refractivity (Wildman–Crippen MR) is 122 cm³/mol. The highest BCUT2D eigenvalue weighted by atomic mass is 16.8. The smallest absolute Gasteiger partial charge is 0.338 e. The van der Waals surface area contributed by atoms with Crippen molar-refractivity contribution in [3.05, 3.63) is 108 Å². The molecule has 0 saturated carbocycles. The van der Waals surface area contributed by atoms with E-state index in [0.717, 1.165) is 0 Å². The van der Waals surface area contributed by atoms with Gasteiger partial charge in [-0.25, -0.2) is 14.4 Å². The number of fused-ring (bicyclic) bond motifs is 2. The van der Waals surface area contributed by atoms with Gasteiger partial charge in [0.1, 0.15) is 6.10 Å². The molecular formula is C27H22O8. The van der Waals surface area contributed by atoms with E-state index in [0.29, 0.717) is 16.7 Å². The molecule has 0 aliphatic carbocycles. The number of carbonyl (C=O) groups excluding carboxylic acids is 3. The first kappa shape index (κ1) is 22.8. The van der Waals surface area contributed by atoms with Crippen LogP contribution in [-0.2, 0) is 23.7 Å². The number of benzene rings is 3. The molecule has 0 radical (unpaired) electrons. The quantitative estimate of drug-likeness (QED) is 0.396. The molecule has 5 rings (SSSR count). The van der Waals surface area contributed by atoms with Crippen molar-refractivity contribution in [3.8, 4) is 0 Å². The fourth-order valence-electron chi connectivity index (χ4n) is 4.04. The van der Waals surface area contributed by atoms with E-state index in [1.807, 2.05) is 0 Å². The highest BCUT2D eigenvalue weighted by Gasteiger charge is 2.56. The second kappa shape index (κ2) is 10.1. The van der Waals surface area contributed by atoms with Crippen LogP contribution in [0.2, 0.25) is 0 Å². The van der Waals surface area contributed by atoms with Crippen LogP contribution < -0.4 is 0 Å². The number of hydrogen-bond acceptors (Lipinski definition) is 8. The van der Waals surface area contributed by atoms with Gasteiger partial charge in [-0.2, -0.15) is 0 Å². The lowest BCUT2D eigenvalue weighted by Gasteiger charge is -2.39. The molecule has 2 aliphatic heterocycles. The first-order valence-corrected chi connectivity index (χ1v) is 11.2. The zero-order chi connectivity index (χ0) is 24.2. The van der Waals surface area contributed by atoms with E-state index in [1.165, 1.54) is 0 Å². The normalized spacial score (nSPS) is 24.9. The van der Waals surface area contributed by atoms with Crippen LogP contribution >= 0.6 is 0 Å². The largest absolute Gasteiger partial charge is 0.452 e. The van der Waals surface area contributed by atoms with Crippen molar-refractivity contribution in [2.24, 2.45) is 0 Å². The molecule has 3 aromatic carbocycles. The fourth-order valence-corrected chi connectivity index (χ4v) is 4.04. The van der Waals surface area contributed by atoms with Gasteiger partial charge in [-0.05, 0) is 36.4 Å². The van der Waals surface area contributed by atoms with Crippen LogP contribution in [-0.4, -0.2) is 55.2 Å². The van der Waals surface area contributed by atoms with Gasteiger partial charge in [-0.1, -0.05) is 54.6 Å². The summed E-state index contributed by atoms with van der Waals surface area (Å²) in [6.07, 6.45) is -5.07. The Labute approximate surface area is 201 Å². The van der Waals surface area contributed by atoms with Crippen LogP contribution in [0.25, 0.3) is 0 Å². The Morgan fingerprint density at radius 2 is 0.971 bits per heavy atom. The third kappa shape index (κ3) is 4.94. The van der Waals surface area contributed by atoms with E-state index in [2.05, 4.69) is 0 Å². The van der Waals surface area contributed by atoms with Gasteiger partial charge in [-0.15, -0.1) is 0 Å². The fraction of sp³-hybridized carbons (Fsp3) is 0.222. The molecule has 2 bridgehead atoms. The van der Waals surface area contributed by atoms with E-state index >= 15 is 0 Å². The summed E-state index contributed by atoms with van der Waals surface area (Å²) in [5, 5.41) is 0. The minimum atomic E-state index is -1.16. The zero-order valence-corrected chi connectivity index (χ0v) is 18.5. The van der Waals surface area contributed by atoms with Crippen LogP contribution in [0.15, 0.2) is 91.0 Å². The van der Waals surface area contributed by atoms with E-state index in [4.69, 9.17) is 23.7 Å². The van der Waals surface area contributed by atoms with Crippen molar-refractivity contribution in [2.75, 3.05) is 6.61 Å². The number of hydrogen-bond donors (Lipinski definition) is 0. The summed E-state index contributed by atoms with van der Waals surface area (Å²) in [4.78, 5) is 38.7. The maximum absolute atomic E-state index is 13.0. The molecule has 2 heterocycles. The monoisotopic (exact) mass is 474 g/mol. The Morgan fingerprint density at radius 1 is 0.571 bits per heavy atom. The molecule has 2 fully saturated rings. The molecule has 178 valence electrons. The molecule has 3 aromatic rings. The van der Waals surface area contributed by atoms with E-state index < -0.39 is 48.6 Å². The Hall–Kier alpha value is -4.01. The summed E-state index contributed by atoms with van der Waals surface area (Å²) in [7, 11) is 0. The molecule has 8 nitrogen and oxygen atoms in total. The molecule has 0 aromatic heterocycles. The number of rotatable bonds is 6. The molecule has 0 N–H and O–H groups in total. The lowest BCUT2D eigenvalue weighted by Crippen LogP contribution is -2.58. The third-order valence-corrected chi connectivity index (χ3v) is 5.77. The highest BCUT2D eigenvalue weighted by molar-refractivity contribution is 5.91. The van der Waals surface area contributed by atoms with Crippen molar-refractivity contribution in [3.63, 3.8) is 0 Å². The van der Waals surface area contributed by atoms with Gasteiger partial charge in [0.2, 0.25) is 0 Å². The maximum Gasteiger partial charge on any atom is 0.338 e. The topological polar surface area (TPSA) is 97.4 Å². The van der Waals surface area contributed by atoms with Crippen molar-refractivity contribution >= 4 is 17.9 Å². The minimum absolute atomic E-state index is 0.0795. The number of esters is 3. The van der Waals surface area contributed by atoms with Crippen LogP contribution in [0.3, 0.4) is 0 Å². The average Bonchev–Trinajstić information content (AvgIpc) is 3.35. The molecule has 35 heavy (non-hydrogen) atoms. The van der Waals surface area contributed by atoms with Crippen molar-refractivity contribution in [2.45, 2.75) is 30.7 Å². The van der Waals surface area contributed by atoms with Gasteiger partial charge >= 0.3 is 17.9 Å². The molecule has 2 saturated heterocycles. The molecule has 0 unspecified atom stereocenters. The molecule has 5 atom stereocenters. The summed E-state index contributed by atoms with van der Waals surface area (Å²) in [5.41, 5.74) is 0.923. The van der Waals surface area contributed by atoms with Crippen LogP contribution in [0, 0.1) is 0 Å². The van der Waals surface area contributed by atoms with Crippen molar-refractivity contribution < 1.29 is 38.1 Å². The second-order valence-corrected chi connectivity index (χ2v) is 8.08. The van der Waals surface area contributed by atoms with E-state index in [9.17, 15) is 14.4 Å². The maximum atomic E-state index is 13.0. The van der Waals surface area contributed by atoms with Gasteiger partial charge in [0, 0.05) is 0 Å². The van der Waals surface area contributed by atoms with Crippen molar-refractivity contribution in [1.82, 2.24) is 0 Å². The first-order valence-electron chi connectivity index (χ1n) is 11.2. The van der Waals surface area contributed by atoms with E-state index in [-0.39, 0.29) is 6.61 Å². The van der Waals surface area contributed by atoms with Gasteiger partial charge in [0.25, 0.3) is 0 Å². The SMILES string of the molecule is O=C(O[C@H]1[C@@H](OC(=O)c2ccccc2)[C@H]2OC[C@H](O2)[C@H]1OC(=O)c1ccccc1)c1ccccc1. The van der Waals surface area contributed by atoms with Crippen LogP contribution in [0.4, 0.5) is 0 Å². The number of ether oxygens (including phenoxy) is 5. The molecule has 0 spiro atoms. The van der Waals surface area contributed by atoms with Gasteiger partial charge in [0.05, 0.1) is 23.3 Å². The molecule has 8 heteroatoms. The predicted octanol–water partition coefficient (Wildman–Crippen LogP) is 3.42. The molecular weight excluding hydrogens is 452 g/mol. The Bertz CT molecular complexity index is 1110. The summed E-state index contributed by atoms with van der Waals surface area (Å²) >= 11 is 0. The first-order chi connectivity index (χ1) is 17.1. The summed E-state index contributed by atoms with van der Waals surface area (Å²) in [6, 6.07) is 25.2. The number of carbonyl (C=O) groups is 3. The van der Waals surface area contributed by atoms with Gasteiger partial charge in [-0.3, -0.25) is 0 Å². The van der Waals surface area contributed by atoms with Crippen LogP contribution in [0.1, 0.15) is 31.1 Å². The second-order valence-electron chi connectivity index (χ2n) is 8.08. The minimum Gasteiger partial charge on any atom is -0.452 e. The molecule has 0 amide bonds. The molecule has 2 aliphatic rings. The Balaban J connectivity index is 1.44. The Morgan fingerprint density at radius 3 is 1.43 bits per heavy atom. The Kier molecular flexibility index (Phi) is 6.56. The summed E-state index contributed by atoms with van der Waals surface area (Å²) in [5.74, 6) is -1.93. The van der Waals surface area contributed by atoms with Crippen LogP contribution in [0.5, 0.6) is 0 Å². The highest BCUT2D eigenvalue weighted by Crippen LogP contribution is 2.35. The third-order valence-electron chi connectivity index (χ3n) is 5.77. The zero-order valence-electron chi connectivity index (χ0n) is 18.5.